The number of benzene rings is 1. The van der Waals surface area contributed by atoms with Crippen molar-refractivity contribution in [2.24, 2.45) is 0 Å². The summed E-state index contributed by atoms with van der Waals surface area (Å²) in [5.41, 5.74) is 7.07. The second kappa shape index (κ2) is 7.28. The summed E-state index contributed by atoms with van der Waals surface area (Å²) in [6.45, 7) is 2.89. The number of hydrogen-bond donors (Lipinski definition) is 2. The zero-order chi connectivity index (χ0) is 13.5. The summed E-state index contributed by atoms with van der Waals surface area (Å²) >= 11 is 1.65. The lowest BCUT2D eigenvalue weighted by Crippen LogP contribution is -2.24. The van der Waals surface area contributed by atoms with Gasteiger partial charge in [-0.1, -0.05) is 6.07 Å². The SMILES string of the molecule is CC(SCCN(C)C)C(=O)Nc1cccc(N)c1. The fourth-order valence-electron chi connectivity index (χ4n) is 1.35. The molecular weight excluding hydrogens is 246 g/mol. The highest BCUT2D eigenvalue weighted by molar-refractivity contribution is 8.00. The van der Waals surface area contributed by atoms with E-state index in [1.54, 1.807) is 23.9 Å². The summed E-state index contributed by atoms with van der Waals surface area (Å²) < 4.78 is 0. The third-order valence-corrected chi connectivity index (χ3v) is 3.56. The zero-order valence-electron chi connectivity index (χ0n) is 11.1. The quantitative estimate of drug-likeness (QED) is 0.773. The van der Waals surface area contributed by atoms with Crippen LogP contribution in [-0.2, 0) is 4.79 Å². The summed E-state index contributed by atoms with van der Waals surface area (Å²) in [5, 5.41) is 2.80. The molecule has 1 amide bonds. The van der Waals surface area contributed by atoms with Crippen molar-refractivity contribution in [1.82, 2.24) is 4.90 Å². The predicted octanol–water partition coefficient (Wildman–Crippen LogP) is 1.89. The van der Waals surface area contributed by atoms with Crippen LogP contribution in [0.3, 0.4) is 0 Å². The van der Waals surface area contributed by atoms with Crippen molar-refractivity contribution in [3.63, 3.8) is 0 Å². The number of rotatable bonds is 6. The first kappa shape index (κ1) is 14.9. The molecule has 1 aromatic carbocycles. The van der Waals surface area contributed by atoms with Crippen LogP contribution in [0, 0.1) is 0 Å². The summed E-state index contributed by atoms with van der Waals surface area (Å²) in [7, 11) is 4.05. The van der Waals surface area contributed by atoms with E-state index in [1.807, 2.05) is 33.2 Å². The highest BCUT2D eigenvalue weighted by atomic mass is 32.2. The molecule has 18 heavy (non-hydrogen) atoms. The molecule has 1 rings (SSSR count). The lowest BCUT2D eigenvalue weighted by molar-refractivity contribution is -0.115. The molecule has 0 saturated heterocycles. The third kappa shape index (κ3) is 5.42. The molecular formula is C13H21N3OS. The van der Waals surface area contributed by atoms with Crippen molar-refractivity contribution < 1.29 is 4.79 Å². The molecule has 0 bridgehead atoms. The second-order valence-electron chi connectivity index (χ2n) is 4.43. The van der Waals surface area contributed by atoms with E-state index in [2.05, 4.69) is 10.2 Å². The van der Waals surface area contributed by atoms with Gasteiger partial charge in [0.1, 0.15) is 0 Å². The standard InChI is InChI=1S/C13H21N3OS/c1-10(18-8-7-16(2)3)13(17)15-12-6-4-5-11(14)9-12/h4-6,9-10H,7-8,14H2,1-3H3,(H,15,17). The highest BCUT2D eigenvalue weighted by Crippen LogP contribution is 2.16. The number of nitrogen functional groups attached to an aromatic ring is 1. The highest BCUT2D eigenvalue weighted by Gasteiger charge is 2.13. The number of nitrogens with zero attached hydrogens (tertiary/aromatic N) is 1. The lowest BCUT2D eigenvalue weighted by atomic mass is 10.3. The average molecular weight is 267 g/mol. The molecule has 0 aromatic heterocycles. The molecule has 4 nitrogen and oxygen atoms in total. The van der Waals surface area contributed by atoms with E-state index < -0.39 is 0 Å². The second-order valence-corrected chi connectivity index (χ2v) is 5.88. The van der Waals surface area contributed by atoms with E-state index in [4.69, 9.17) is 5.73 Å². The van der Waals surface area contributed by atoms with Crippen LogP contribution in [0.2, 0.25) is 0 Å². The number of hydrogen-bond acceptors (Lipinski definition) is 4. The molecule has 0 heterocycles. The smallest absolute Gasteiger partial charge is 0.237 e. The van der Waals surface area contributed by atoms with Crippen LogP contribution in [-0.4, -0.2) is 42.4 Å². The maximum absolute atomic E-state index is 11.9. The molecule has 0 saturated carbocycles. The van der Waals surface area contributed by atoms with Crippen molar-refractivity contribution >= 4 is 29.0 Å². The molecule has 1 atom stereocenters. The van der Waals surface area contributed by atoms with E-state index in [1.165, 1.54) is 0 Å². The van der Waals surface area contributed by atoms with Gasteiger partial charge in [-0.05, 0) is 39.2 Å². The molecule has 3 N–H and O–H groups in total. The minimum absolute atomic E-state index is 0.0179. The van der Waals surface area contributed by atoms with Gasteiger partial charge in [0.2, 0.25) is 5.91 Å². The molecule has 1 unspecified atom stereocenters. The number of amides is 1. The largest absolute Gasteiger partial charge is 0.399 e. The van der Waals surface area contributed by atoms with Gasteiger partial charge >= 0.3 is 0 Å². The molecule has 0 aliphatic rings. The van der Waals surface area contributed by atoms with E-state index >= 15 is 0 Å². The van der Waals surface area contributed by atoms with Gasteiger partial charge in [0.05, 0.1) is 5.25 Å². The number of nitrogens with two attached hydrogens (primary N) is 1. The monoisotopic (exact) mass is 267 g/mol. The Kier molecular flexibility index (Phi) is 6.01. The Labute approximate surface area is 113 Å². The molecule has 0 spiro atoms. The first-order chi connectivity index (χ1) is 8.49. The van der Waals surface area contributed by atoms with Gasteiger partial charge in [-0.25, -0.2) is 0 Å². The van der Waals surface area contributed by atoms with Crippen LogP contribution in [0.25, 0.3) is 0 Å². The minimum atomic E-state index is -0.0635. The van der Waals surface area contributed by atoms with Gasteiger partial charge in [-0.3, -0.25) is 4.79 Å². The van der Waals surface area contributed by atoms with Crippen molar-refractivity contribution in [3.05, 3.63) is 24.3 Å². The van der Waals surface area contributed by atoms with E-state index in [-0.39, 0.29) is 11.2 Å². The van der Waals surface area contributed by atoms with Crippen LogP contribution in [0.1, 0.15) is 6.92 Å². The van der Waals surface area contributed by atoms with Gasteiger partial charge in [0.25, 0.3) is 0 Å². The average Bonchev–Trinajstić information content (AvgIpc) is 2.28. The Balaban J connectivity index is 2.40. The summed E-state index contributed by atoms with van der Waals surface area (Å²) in [4.78, 5) is 14.0. The predicted molar refractivity (Wildman–Crippen MR) is 80.0 cm³/mol. The normalized spacial score (nSPS) is 12.4. The first-order valence-electron chi connectivity index (χ1n) is 5.92. The van der Waals surface area contributed by atoms with Crippen LogP contribution in [0.15, 0.2) is 24.3 Å². The summed E-state index contributed by atoms with van der Waals surface area (Å²) in [6.07, 6.45) is 0. The molecule has 0 aliphatic carbocycles. The lowest BCUT2D eigenvalue weighted by Gasteiger charge is -2.14. The first-order valence-corrected chi connectivity index (χ1v) is 6.96. The van der Waals surface area contributed by atoms with Crippen molar-refractivity contribution in [3.8, 4) is 0 Å². The van der Waals surface area contributed by atoms with Gasteiger partial charge in [0.15, 0.2) is 0 Å². The van der Waals surface area contributed by atoms with Crippen molar-refractivity contribution in [1.29, 1.82) is 0 Å². The van der Waals surface area contributed by atoms with Crippen LogP contribution >= 0.6 is 11.8 Å². The minimum Gasteiger partial charge on any atom is -0.399 e. The Bertz CT molecular complexity index is 396. The number of anilines is 2. The van der Waals surface area contributed by atoms with Gasteiger partial charge in [-0.15, -0.1) is 11.8 Å². The molecule has 100 valence electrons. The number of thioether (sulfide) groups is 1. The molecule has 0 aliphatic heterocycles. The number of carbonyl (C=O) groups is 1. The number of carbonyl (C=O) groups excluding carboxylic acids is 1. The maximum atomic E-state index is 11.9. The molecule has 0 radical (unpaired) electrons. The summed E-state index contributed by atoms with van der Waals surface area (Å²) in [5.74, 6) is 0.961. The fraction of sp³-hybridized carbons (Fsp3) is 0.462. The van der Waals surface area contributed by atoms with E-state index in [0.29, 0.717) is 5.69 Å². The van der Waals surface area contributed by atoms with Crippen LogP contribution in [0.5, 0.6) is 0 Å². The maximum Gasteiger partial charge on any atom is 0.237 e. The fourth-order valence-corrected chi connectivity index (χ4v) is 2.38. The van der Waals surface area contributed by atoms with Gasteiger partial charge in [-0.2, -0.15) is 0 Å². The van der Waals surface area contributed by atoms with Crippen LogP contribution < -0.4 is 11.1 Å². The van der Waals surface area contributed by atoms with Gasteiger partial charge in [0, 0.05) is 23.7 Å². The Hall–Kier alpha value is -1.20. The molecule has 1 aromatic rings. The Morgan fingerprint density at radius 3 is 2.83 bits per heavy atom. The van der Waals surface area contributed by atoms with Gasteiger partial charge < -0.3 is 16.0 Å². The van der Waals surface area contributed by atoms with Crippen molar-refractivity contribution in [2.45, 2.75) is 12.2 Å². The third-order valence-electron chi connectivity index (χ3n) is 2.43. The van der Waals surface area contributed by atoms with Crippen LogP contribution in [0.4, 0.5) is 11.4 Å². The Morgan fingerprint density at radius 1 is 1.50 bits per heavy atom. The summed E-state index contributed by atoms with van der Waals surface area (Å²) in [6, 6.07) is 7.22. The van der Waals surface area contributed by atoms with E-state index in [9.17, 15) is 4.79 Å². The number of nitrogens with one attached hydrogen (secondary N) is 1. The van der Waals surface area contributed by atoms with E-state index in [0.717, 1.165) is 18.0 Å². The molecule has 0 fully saturated rings. The zero-order valence-corrected chi connectivity index (χ0v) is 12.0. The topological polar surface area (TPSA) is 58.4 Å². The van der Waals surface area contributed by atoms with Crippen molar-refractivity contribution in [2.75, 3.05) is 37.4 Å². The Morgan fingerprint density at radius 2 is 2.22 bits per heavy atom. The molecule has 5 heteroatoms.